The molecular formula is C18H20N4O. The zero-order chi connectivity index (χ0) is 16.2. The number of nitrogens with zero attached hydrogens (tertiary/aromatic N) is 3. The summed E-state index contributed by atoms with van der Waals surface area (Å²) in [5, 5.41) is 7.37. The molecule has 4 rings (SSSR count). The highest BCUT2D eigenvalue weighted by atomic mass is 16.1. The zero-order valence-electron chi connectivity index (χ0n) is 13.6. The van der Waals surface area contributed by atoms with E-state index in [2.05, 4.69) is 29.0 Å². The van der Waals surface area contributed by atoms with Gasteiger partial charge in [0, 0.05) is 41.2 Å². The predicted molar refractivity (Wildman–Crippen MR) is 88.0 cm³/mol. The summed E-state index contributed by atoms with van der Waals surface area (Å²) in [5.74, 6) is 0.694. The number of rotatable bonds is 1. The summed E-state index contributed by atoms with van der Waals surface area (Å²) in [4.78, 5) is 22.2. The molecule has 5 heteroatoms. The lowest BCUT2D eigenvalue weighted by molar-refractivity contribution is -0.124. The predicted octanol–water partition coefficient (Wildman–Crippen LogP) is 3.34. The lowest BCUT2D eigenvalue weighted by Gasteiger charge is -2.39. The molecule has 0 amide bonds. The molecule has 1 saturated carbocycles. The van der Waals surface area contributed by atoms with Gasteiger partial charge in [0.25, 0.3) is 0 Å². The van der Waals surface area contributed by atoms with Gasteiger partial charge in [-0.25, -0.2) is 4.99 Å². The summed E-state index contributed by atoms with van der Waals surface area (Å²) < 4.78 is 0. The van der Waals surface area contributed by atoms with Crippen LogP contribution in [-0.2, 0) is 4.79 Å². The maximum absolute atomic E-state index is 12.9. The maximum Gasteiger partial charge on any atom is 0.177 e. The lowest BCUT2D eigenvalue weighted by Crippen LogP contribution is -2.42. The summed E-state index contributed by atoms with van der Waals surface area (Å²) in [6.07, 6.45) is 3.21. The van der Waals surface area contributed by atoms with E-state index in [4.69, 9.17) is 4.99 Å². The largest absolute Gasteiger partial charge is 0.299 e. The Hall–Kier alpha value is -2.30. The number of hydrogen-bond acceptors (Lipinski definition) is 4. The van der Waals surface area contributed by atoms with Gasteiger partial charge >= 0.3 is 0 Å². The first-order valence-electron chi connectivity index (χ1n) is 8.02. The number of pyridine rings is 1. The molecule has 0 spiro atoms. The van der Waals surface area contributed by atoms with Crippen LogP contribution in [0.4, 0.5) is 5.82 Å². The first-order chi connectivity index (χ1) is 11.0. The number of aromatic nitrogens is 3. The van der Waals surface area contributed by atoms with Gasteiger partial charge in [-0.2, -0.15) is 5.10 Å². The molecule has 3 heterocycles. The van der Waals surface area contributed by atoms with Crippen LogP contribution in [0.2, 0.25) is 0 Å². The van der Waals surface area contributed by atoms with E-state index in [1.807, 2.05) is 25.1 Å². The first-order valence-corrected chi connectivity index (χ1v) is 8.02. The second kappa shape index (κ2) is 4.85. The molecule has 2 aromatic rings. The number of aromatic amines is 1. The smallest absolute Gasteiger partial charge is 0.177 e. The van der Waals surface area contributed by atoms with Crippen LogP contribution in [0, 0.1) is 18.3 Å². The van der Waals surface area contributed by atoms with Gasteiger partial charge in [0.1, 0.15) is 5.78 Å². The van der Waals surface area contributed by atoms with Crippen LogP contribution in [0.1, 0.15) is 49.6 Å². The van der Waals surface area contributed by atoms with Crippen molar-refractivity contribution in [1.29, 1.82) is 0 Å². The number of H-pyrrole nitrogens is 1. The van der Waals surface area contributed by atoms with Crippen LogP contribution < -0.4 is 0 Å². The van der Waals surface area contributed by atoms with Crippen molar-refractivity contribution in [2.45, 2.75) is 39.5 Å². The number of nitrogens with one attached hydrogen (secondary N) is 1. The molecule has 0 aromatic carbocycles. The number of ketones is 1. The molecular weight excluding hydrogens is 288 g/mol. The van der Waals surface area contributed by atoms with Crippen LogP contribution in [0.5, 0.6) is 0 Å². The Labute approximate surface area is 135 Å². The highest BCUT2D eigenvalue weighted by Crippen LogP contribution is 2.48. The van der Waals surface area contributed by atoms with Crippen LogP contribution >= 0.6 is 0 Å². The van der Waals surface area contributed by atoms with Crippen molar-refractivity contribution >= 4 is 17.3 Å². The third-order valence-electron chi connectivity index (χ3n) is 4.89. The third kappa shape index (κ3) is 2.22. The minimum Gasteiger partial charge on any atom is -0.299 e. The van der Waals surface area contributed by atoms with E-state index >= 15 is 0 Å². The lowest BCUT2D eigenvalue weighted by atomic mass is 9.64. The highest BCUT2D eigenvalue weighted by molar-refractivity contribution is 6.11. The fourth-order valence-electron chi connectivity index (χ4n) is 3.98. The molecule has 0 radical (unpaired) electrons. The number of fused-ring (bicyclic) bond motifs is 2. The van der Waals surface area contributed by atoms with E-state index in [1.165, 1.54) is 0 Å². The summed E-state index contributed by atoms with van der Waals surface area (Å²) in [6.45, 7) is 6.25. The molecule has 2 unspecified atom stereocenters. The molecule has 118 valence electrons. The normalized spacial score (nSPS) is 25.5. The Kier molecular flexibility index (Phi) is 3.01. The molecule has 2 aromatic heterocycles. The third-order valence-corrected chi connectivity index (χ3v) is 4.89. The second-order valence-corrected chi connectivity index (χ2v) is 7.38. The molecule has 0 bridgehead atoms. The summed E-state index contributed by atoms with van der Waals surface area (Å²) in [7, 11) is 0. The van der Waals surface area contributed by atoms with Crippen molar-refractivity contribution in [2.24, 2.45) is 16.3 Å². The van der Waals surface area contributed by atoms with E-state index in [1.54, 1.807) is 6.20 Å². The SMILES string of the molecule is Cc1[nH]nc2c1C(c1ccccn1)C1C(=O)CC(C)(C)CC1=N2. The minimum atomic E-state index is -0.207. The van der Waals surface area contributed by atoms with Crippen LogP contribution in [-0.4, -0.2) is 26.7 Å². The average Bonchev–Trinajstić information content (AvgIpc) is 2.86. The van der Waals surface area contributed by atoms with Crippen molar-refractivity contribution in [3.63, 3.8) is 0 Å². The molecule has 23 heavy (non-hydrogen) atoms. The van der Waals surface area contributed by atoms with Crippen molar-refractivity contribution in [3.8, 4) is 0 Å². The zero-order valence-corrected chi connectivity index (χ0v) is 13.6. The van der Waals surface area contributed by atoms with Gasteiger partial charge in [0.05, 0.1) is 5.92 Å². The van der Waals surface area contributed by atoms with Crippen molar-refractivity contribution in [1.82, 2.24) is 15.2 Å². The fraction of sp³-hybridized carbons (Fsp3) is 0.444. The van der Waals surface area contributed by atoms with E-state index in [-0.39, 0.29) is 23.0 Å². The van der Waals surface area contributed by atoms with Gasteiger partial charge in [0.2, 0.25) is 0 Å². The van der Waals surface area contributed by atoms with Crippen LogP contribution in [0.25, 0.3) is 0 Å². The number of aliphatic imine (C=N–C) groups is 1. The second-order valence-electron chi connectivity index (χ2n) is 7.38. The molecule has 1 aliphatic heterocycles. The average molecular weight is 308 g/mol. The molecule has 2 atom stereocenters. The topological polar surface area (TPSA) is 71.0 Å². The summed E-state index contributed by atoms with van der Waals surface area (Å²) in [5.41, 5.74) is 3.83. The van der Waals surface area contributed by atoms with Gasteiger partial charge in [-0.3, -0.25) is 14.9 Å². The number of hydrogen-bond donors (Lipinski definition) is 1. The van der Waals surface area contributed by atoms with Crippen molar-refractivity contribution < 1.29 is 4.79 Å². The quantitative estimate of drug-likeness (QED) is 0.878. The van der Waals surface area contributed by atoms with Crippen LogP contribution in [0.3, 0.4) is 0 Å². The summed E-state index contributed by atoms with van der Waals surface area (Å²) >= 11 is 0. The Morgan fingerprint density at radius 3 is 2.78 bits per heavy atom. The fourth-order valence-corrected chi connectivity index (χ4v) is 3.98. The Bertz CT molecular complexity index is 804. The van der Waals surface area contributed by atoms with E-state index < -0.39 is 0 Å². The highest BCUT2D eigenvalue weighted by Gasteiger charge is 2.47. The molecule has 1 aliphatic carbocycles. The van der Waals surface area contributed by atoms with Gasteiger partial charge in [-0.05, 0) is 30.9 Å². The number of carbonyl (C=O) groups is 1. The van der Waals surface area contributed by atoms with E-state index in [0.717, 1.165) is 34.9 Å². The van der Waals surface area contributed by atoms with E-state index in [0.29, 0.717) is 6.42 Å². The van der Waals surface area contributed by atoms with Crippen molar-refractivity contribution in [2.75, 3.05) is 0 Å². The Morgan fingerprint density at radius 2 is 2.04 bits per heavy atom. The van der Waals surface area contributed by atoms with Gasteiger partial charge in [-0.15, -0.1) is 0 Å². The first kappa shape index (κ1) is 14.3. The standard InChI is InChI=1S/C18H20N4O/c1-10-14-16(11-6-4-5-7-19-11)15-12(20-17(14)22-21-10)8-18(2,3)9-13(15)23/h4-7,15-16H,8-9H2,1-3H3,(H,21,22). The monoisotopic (exact) mass is 308 g/mol. The molecule has 5 nitrogen and oxygen atoms in total. The molecule has 1 N–H and O–H groups in total. The van der Waals surface area contributed by atoms with Gasteiger partial charge in [0.15, 0.2) is 5.82 Å². The van der Waals surface area contributed by atoms with Crippen LogP contribution in [0.15, 0.2) is 29.4 Å². The number of carbonyl (C=O) groups excluding carboxylic acids is 1. The molecule has 2 aliphatic rings. The molecule has 0 saturated heterocycles. The minimum absolute atomic E-state index is 0.0378. The summed E-state index contributed by atoms with van der Waals surface area (Å²) in [6, 6.07) is 5.87. The molecule has 1 fully saturated rings. The van der Waals surface area contributed by atoms with Gasteiger partial charge < -0.3 is 0 Å². The van der Waals surface area contributed by atoms with E-state index in [9.17, 15) is 4.79 Å². The Morgan fingerprint density at radius 1 is 1.22 bits per heavy atom. The number of Topliss-reactive ketones (excluding diaryl/α,β-unsaturated/α-hetero) is 1. The number of aryl methyl sites for hydroxylation is 1. The Balaban J connectivity index is 1.92. The van der Waals surface area contributed by atoms with Crippen molar-refractivity contribution in [3.05, 3.63) is 41.3 Å². The van der Waals surface area contributed by atoms with Gasteiger partial charge in [-0.1, -0.05) is 19.9 Å². The maximum atomic E-state index is 12.9.